The van der Waals surface area contributed by atoms with Crippen LogP contribution in [0.4, 0.5) is 0 Å². The Bertz CT molecular complexity index is 268. The Kier molecular flexibility index (Phi) is 2.91. The summed E-state index contributed by atoms with van der Waals surface area (Å²) in [6.07, 6.45) is -3.56. The highest BCUT2D eigenvalue weighted by molar-refractivity contribution is 7.56. The molecule has 0 aliphatic heterocycles. The van der Waals surface area contributed by atoms with E-state index in [1.165, 1.54) is 0 Å². The Morgan fingerprint density at radius 1 is 1.31 bits per heavy atom. The van der Waals surface area contributed by atoms with Crippen LogP contribution < -0.4 is 0 Å². The molecule has 0 bridgehead atoms. The van der Waals surface area contributed by atoms with Crippen LogP contribution in [0.1, 0.15) is 6.42 Å². The van der Waals surface area contributed by atoms with Crippen molar-refractivity contribution in [3.8, 4) is 0 Å². The van der Waals surface area contributed by atoms with Gasteiger partial charge in [0.05, 0.1) is 6.10 Å². The summed E-state index contributed by atoms with van der Waals surface area (Å²) < 4.78 is 10.7. The van der Waals surface area contributed by atoms with E-state index in [1.54, 1.807) is 0 Å². The molecule has 1 aliphatic carbocycles. The van der Waals surface area contributed by atoms with Crippen LogP contribution in [-0.4, -0.2) is 43.4 Å². The van der Waals surface area contributed by atoms with E-state index in [0.29, 0.717) is 0 Å². The second-order valence-corrected chi connectivity index (χ2v) is 4.62. The fourth-order valence-electron chi connectivity index (χ4n) is 1.14. The number of hydrogen-bond donors (Lipinski definition) is 5. The lowest BCUT2D eigenvalue weighted by atomic mass is 9.99. The number of hydrogen-bond acceptors (Lipinski definition) is 4. The molecule has 0 saturated carbocycles. The maximum Gasteiger partial charge on any atom is 0.352 e. The first kappa shape index (κ1) is 10.8. The first-order chi connectivity index (χ1) is 5.82. The van der Waals surface area contributed by atoms with Crippen LogP contribution in [0, 0.1) is 0 Å². The minimum Gasteiger partial charge on any atom is -0.390 e. The van der Waals surface area contributed by atoms with E-state index < -0.39 is 25.9 Å². The van der Waals surface area contributed by atoms with Gasteiger partial charge in [-0.2, -0.15) is 0 Å². The van der Waals surface area contributed by atoms with Gasteiger partial charge in [0, 0.05) is 11.7 Å². The summed E-state index contributed by atoms with van der Waals surface area (Å²) in [5.74, 6) is 0. The third-order valence-corrected chi connectivity index (χ3v) is 2.98. The van der Waals surface area contributed by atoms with Crippen molar-refractivity contribution < 1.29 is 29.7 Å². The van der Waals surface area contributed by atoms with Gasteiger partial charge in [-0.25, -0.2) is 0 Å². The SMILES string of the molecule is O=P(O)(O)C1=C[C@@H](O)[C@@H](O)[C@H](O)C1. The monoisotopic (exact) mass is 210 g/mol. The van der Waals surface area contributed by atoms with Gasteiger partial charge in [-0.3, -0.25) is 4.57 Å². The van der Waals surface area contributed by atoms with Crippen LogP contribution in [0.25, 0.3) is 0 Å². The number of rotatable bonds is 1. The normalized spacial score (nSPS) is 35.8. The largest absolute Gasteiger partial charge is 0.390 e. The van der Waals surface area contributed by atoms with Gasteiger partial charge < -0.3 is 25.1 Å². The molecule has 7 heteroatoms. The second-order valence-electron chi connectivity index (χ2n) is 2.95. The standard InChI is InChI=1S/C6H11O6P/c7-4-1-3(13(10,11)12)2-5(8)6(4)9/h1,4-9H,2H2,(H2,10,11,12)/t4-,5-,6-/m1/s1. The molecule has 76 valence electrons. The van der Waals surface area contributed by atoms with Gasteiger partial charge in [0.1, 0.15) is 12.2 Å². The van der Waals surface area contributed by atoms with Crippen LogP contribution in [0.15, 0.2) is 11.4 Å². The summed E-state index contributed by atoms with van der Waals surface area (Å²) in [7, 11) is -4.41. The molecule has 0 heterocycles. The zero-order valence-corrected chi connectivity index (χ0v) is 7.50. The molecule has 5 N–H and O–H groups in total. The van der Waals surface area contributed by atoms with E-state index >= 15 is 0 Å². The third kappa shape index (κ3) is 2.37. The number of aliphatic hydroxyl groups is 3. The van der Waals surface area contributed by atoms with E-state index in [2.05, 4.69) is 0 Å². The van der Waals surface area contributed by atoms with Crippen molar-refractivity contribution in [1.82, 2.24) is 0 Å². The molecule has 6 nitrogen and oxygen atoms in total. The molecule has 0 amide bonds. The molecular formula is C6H11O6P. The molecule has 1 rings (SSSR count). The van der Waals surface area contributed by atoms with Crippen LogP contribution in [0.5, 0.6) is 0 Å². The molecule has 0 spiro atoms. The van der Waals surface area contributed by atoms with Gasteiger partial charge in [-0.15, -0.1) is 0 Å². The minimum atomic E-state index is -4.41. The Labute approximate surface area is 74.3 Å². The van der Waals surface area contributed by atoms with Gasteiger partial charge >= 0.3 is 7.60 Å². The zero-order valence-electron chi connectivity index (χ0n) is 6.61. The van der Waals surface area contributed by atoms with E-state index in [4.69, 9.17) is 25.1 Å². The predicted molar refractivity (Wildman–Crippen MR) is 42.8 cm³/mol. The molecule has 0 radical (unpaired) electrons. The molecule has 13 heavy (non-hydrogen) atoms. The third-order valence-electron chi connectivity index (χ3n) is 1.90. The predicted octanol–water partition coefficient (Wildman–Crippen LogP) is -1.47. The number of aliphatic hydroxyl groups excluding tert-OH is 3. The Balaban J connectivity index is 2.92. The topological polar surface area (TPSA) is 118 Å². The highest BCUT2D eigenvalue weighted by Crippen LogP contribution is 2.49. The maximum absolute atomic E-state index is 10.7. The van der Waals surface area contributed by atoms with Crippen LogP contribution in [-0.2, 0) is 4.57 Å². The van der Waals surface area contributed by atoms with Gasteiger partial charge in [0.15, 0.2) is 0 Å². The quantitative estimate of drug-likeness (QED) is 0.337. The van der Waals surface area contributed by atoms with Crippen molar-refractivity contribution in [2.45, 2.75) is 24.7 Å². The lowest BCUT2D eigenvalue weighted by Gasteiger charge is -2.27. The average Bonchev–Trinajstić information content (AvgIpc) is 1.97. The minimum absolute atomic E-state index is 0.317. The molecular weight excluding hydrogens is 199 g/mol. The lowest BCUT2D eigenvalue weighted by Crippen LogP contribution is -2.39. The van der Waals surface area contributed by atoms with E-state index in [9.17, 15) is 4.57 Å². The highest BCUT2D eigenvalue weighted by Gasteiger charge is 2.35. The Morgan fingerprint density at radius 3 is 2.23 bits per heavy atom. The molecule has 3 atom stereocenters. The van der Waals surface area contributed by atoms with Gasteiger partial charge in [-0.05, 0) is 6.08 Å². The maximum atomic E-state index is 10.7. The molecule has 0 unspecified atom stereocenters. The fourth-order valence-corrected chi connectivity index (χ4v) is 1.91. The van der Waals surface area contributed by atoms with Crippen molar-refractivity contribution in [2.75, 3.05) is 0 Å². The zero-order chi connectivity index (χ0) is 10.2. The second kappa shape index (κ2) is 3.49. The van der Waals surface area contributed by atoms with E-state index in [1.807, 2.05) is 0 Å². The summed E-state index contributed by atoms with van der Waals surface area (Å²) in [6, 6.07) is 0. The molecule has 0 aromatic rings. The molecule has 0 fully saturated rings. The molecule has 0 saturated heterocycles. The van der Waals surface area contributed by atoms with Crippen LogP contribution in [0.3, 0.4) is 0 Å². The van der Waals surface area contributed by atoms with Crippen molar-refractivity contribution in [2.24, 2.45) is 0 Å². The van der Waals surface area contributed by atoms with Crippen molar-refractivity contribution in [3.05, 3.63) is 11.4 Å². The van der Waals surface area contributed by atoms with Crippen LogP contribution in [0.2, 0.25) is 0 Å². The van der Waals surface area contributed by atoms with Gasteiger partial charge in [0.25, 0.3) is 0 Å². The molecule has 0 aromatic heterocycles. The Hall–Kier alpha value is -0.230. The van der Waals surface area contributed by atoms with E-state index in [0.717, 1.165) is 6.08 Å². The molecule has 0 aromatic carbocycles. The fraction of sp³-hybridized carbons (Fsp3) is 0.667. The van der Waals surface area contributed by atoms with Crippen molar-refractivity contribution in [1.29, 1.82) is 0 Å². The van der Waals surface area contributed by atoms with E-state index in [-0.39, 0.29) is 11.7 Å². The summed E-state index contributed by atoms with van der Waals surface area (Å²) in [5, 5.41) is 26.8. The lowest BCUT2D eigenvalue weighted by molar-refractivity contribution is -0.0466. The smallest absolute Gasteiger partial charge is 0.352 e. The summed E-state index contributed by atoms with van der Waals surface area (Å²) in [4.78, 5) is 17.4. The summed E-state index contributed by atoms with van der Waals surface area (Å²) in [5.41, 5.74) is 0. The van der Waals surface area contributed by atoms with Gasteiger partial charge in [0.2, 0.25) is 0 Å². The van der Waals surface area contributed by atoms with Gasteiger partial charge in [-0.1, -0.05) is 0 Å². The highest BCUT2D eigenvalue weighted by atomic mass is 31.2. The summed E-state index contributed by atoms with van der Waals surface area (Å²) in [6.45, 7) is 0. The Morgan fingerprint density at radius 2 is 1.85 bits per heavy atom. The summed E-state index contributed by atoms with van der Waals surface area (Å²) >= 11 is 0. The van der Waals surface area contributed by atoms with Crippen LogP contribution >= 0.6 is 7.60 Å². The first-order valence-electron chi connectivity index (χ1n) is 3.63. The average molecular weight is 210 g/mol. The van der Waals surface area contributed by atoms with Crippen molar-refractivity contribution in [3.63, 3.8) is 0 Å². The first-order valence-corrected chi connectivity index (χ1v) is 5.24. The molecule has 1 aliphatic rings. The van der Waals surface area contributed by atoms with Crippen molar-refractivity contribution >= 4 is 7.60 Å².